The van der Waals surface area contributed by atoms with Crippen molar-refractivity contribution < 1.29 is 4.21 Å². The first-order valence-corrected chi connectivity index (χ1v) is 9.43. The molecule has 0 saturated heterocycles. The van der Waals surface area contributed by atoms with Crippen LogP contribution < -0.4 is 0 Å². The smallest absolute Gasteiger partial charge is 0.0850 e. The maximum atomic E-state index is 13.0. The van der Waals surface area contributed by atoms with Gasteiger partial charge in [-0.15, -0.1) is 11.3 Å². The van der Waals surface area contributed by atoms with Gasteiger partial charge in [0.05, 0.1) is 16.5 Å². The number of rotatable bonds is 5. The normalized spacial score (nSPS) is 13.7. The molecule has 2 atom stereocenters. The van der Waals surface area contributed by atoms with Crippen molar-refractivity contribution in [2.45, 2.75) is 11.0 Å². The predicted molar refractivity (Wildman–Crippen MR) is 93.7 cm³/mol. The van der Waals surface area contributed by atoms with Gasteiger partial charge in [0.1, 0.15) is 0 Å². The van der Waals surface area contributed by atoms with Crippen LogP contribution in [0, 0.1) is 0 Å². The lowest BCUT2D eigenvalue weighted by Gasteiger charge is -2.17. The summed E-state index contributed by atoms with van der Waals surface area (Å²) in [6.45, 7) is 0. The van der Waals surface area contributed by atoms with Gasteiger partial charge in [0.15, 0.2) is 0 Å². The molecule has 0 saturated carbocycles. The zero-order valence-corrected chi connectivity index (χ0v) is 14.1. The summed E-state index contributed by atoms with van der Waals surface area (Å²) in [5, 5.41) is 0.518. The molecule has 0 fully saturated rings. The highest BCUT2D eigenvalue weighted by molar-refractivity contribution is 7.84. The fourth-order valence-electron chi connectivity index (χ4n) is 2.30. The summed E-state index contributed by atoms with van der Waals surface area (Å²) >= 11 is 7.51. The molecular weight excluding hydrogens is 334 g/mol. The van der Waals surface area contributed by atoms with Crippen LogP contribution in [0.1, 0.15) is 21.3 Å². The highest BCUT2D eigenvalue weighted by Gasteiger charge is 2.21. The summed E-state index contributed by atoms with van der Waals surface area (Å²) < 4.78 is 13.0. The van der Waals surface area contributed by atoms with Crippen molar-refractivity contribution in [1.82, 2.24) is 4.98 Å². The fraction of sp³-hybridized carbons (Fsp3) is 0.118. The second kappa shape index (κ2) is 7.18. The molecule has 0 amide bonds. The van der Waals surface area contributed by atoms with E-state index in [4.69, 9.17) is 11.6 Å². The largest absolute Gasteiger partial charge is 0.258 e. The molecule has 1 heterocycles. The third-order valence-electron chi connectivity index (χ3n) is 3.31. The van der Waals surface area contributed by atoms with E-state index in [-0.39, 0.29) is 5.25 Å². The lowest BCUT2D eigenvalue weighted by atomic mass is 10.0. The maximum absolute atomic E-state index is 13.0. The van der Waals surface area contributed by atoms with E-state index in [9.17, 15) is 4.21 Å². The third kappa shape index (κ3) is 3.64. The van der Waals surface area contributed by atoms with Gasteiger partial charge in [-0.25, -0.2) is 0 Å². The highest BCUT2D eigenvalue weighted by atomic mass is 35.5. The van der Waals surface area contributed by atoms with Gasteiger partial charge in [-0.1, -0.05) is 54.1 Å². The fourth-order valence-corrected chi connectivity index (χ4v) is 4.87. The number of hydrogen-bond acceptors (Lipinski definition) is 3. The molecule has 2 nitrogen and oxygen atoms in total. The zero-order chi connectivity index (χ0) is 15.4. The molecular formula is C17H14ClNOS2. The monoisotopic (exact) mass is 347 g/mol. The van der Waals surface area contributed by atoms with Gasteiger partial charge >= 0.3 is 0 Å². The Kier molecular flexibility index (Phi) is 5.03. The van der Waals surface area contributed by atoms with Gasteiger partial charge in [0.2, 0.25) is 0 Å². The molecule has 0 aliphatic carbocycles. The second-order valence-electron chi connectivity index (χ2n) is 4.84. The molecule has 0 N–H and O–H groups in total. The zero-order valence-electron chi connectivity index (χ0n) is 11.7. The quantitative estimate of drug-likeness (QED) is 0.661. The molecule has 3 aromatic rings. The van der Waals surface area contributed by atoms with E-state index in [0.29, 0.717) is 10.8 Å². The van der Waals surface area contributed by atoms with Gasteiger partial charge < -0.3 is 0 Å². The minimum atomic E-state index is -1.07. The van der Waals surface area contributed by atoms with Gasteiger partial charge in [-0.2, -0.15) is 0 Å². The van der Waals surface area contributed by atoms with Gasteiger partial charge in [0.25, 0.3) is 0 Å². The Labute approximate surface area is 141 Å². The van der Waals surface area contributed by atoms with Gasteiger partial charge in [0, 0.05) is 26.9 Å². The first kappa shape index (κ1) is 15.4. The van der Waals surface area contributed by atoms with Crippen LogP contribution in [0.4, 0.5) is 0 Å². The summed E-state index contributed by atoms with van der Waals surface area (Å²) in [5.41, 5.74) is 3.83. The van der Waals surface area contributed by atoms with Crippen LogP contribution in [0.25, 0.3) is 0 Å². The van der Waals surface area contributed by atoms with Crippen LogP contribution in [-0.2, 0) is 16.6 Å². The highest BCUT2D eigenvalue weighted by Crippen LogP contribution is 2.31. The van der Waals surface area contributed by atoms with Crippen LogP contribution in [-0.4, -0.2) is 9.19 Å². The van der Waals surface area contributed by atoms with Crippen LogP contribution in [0.2, 0.25) is 5.02 Å². The Balaban J connectivity index is 1.95. The Bertz CT molecular complexity index is 742. The average Bonchev–Trinajstić information content (AvgIpc) is 3.03. The summed E-state index contributed by atoms with van der Waals surface area (Å²) in [6, 6.07) is 17.5. The van der Waals surface area contributed by atoms with E-state index in [1.807, 2.05) is 54.6 Å². The maximum Gasteiger partial charge on any atom is 0.0850 e. The number of nitrogens with zero attached hydrogens (tertiary/aromatic N) is 1. The molecule has 3 rings (SSSR count). The first-order valence-electron chi connectivity index (χ1n) is 6.79. The standard InChI is InChI=1S/C17H14ClNOS2/c18-15-8-6-14(7-9-15)17(13-4-2-1-3-5-13)22(20)11-16-10-19-12-21-16/h1-10,12,17H,11H2/t17-,22-/m0/s1. The lowest BCUT2D eigenvalue weighted by Crippen LogP contribution is -2.10. The molecule has 5 heteroatoms. The van der Waals surface area contributed by atoms with E-state index in [1.165, 1.54) is 11.3 Å². The molecule has 2 aromatic carbocycles. The minimum absolute atomic E-state index is 0.166. The van der Waals surface area contributed by atoms with E-state index in [1.54, 1.807) is 11.7 Å². The Morgan fingerprint density at radius 3 is 2.36 bits per heavy atom. The van der Waals surface area contributed by atoms with Crippen molar-refractivity contribution in [2.75, 3.05) is 0 Å². The van der Waals surface area contributed by atoms with Crippen LogP contribution in [0.3, 0.4) is 0 Å². The van der Waals surface area contributed by atoms with Crippen LogP contribution in [0.5, 0.6) is 0 Å². The van der Waals surface area contributed by atoms with Gasteiger partial charge in [-0.3, -0.25) is 9.19 Å². The number of halogens is 1. The number of benzene rings is 2. The number of hydrogen-bond donors (Lipinski definition) is 0. The molecule has 0 aliphatic heterocycles. The molecule has 112 valence electrons. The summed E-state index contributed by atoms with van der Waals surface area (Å²) in [4.78, 5) is 5.09. The molecule has 0 unspecified atom stereocenters. The number of thiazole rings is 1. The van der Waals surface area contributed by atoms with E-state index in [2.05, 4.69) is 4.98 Å². The lowest BCUT2D eigenvalue weighted by molar-refractivity contribution is 0.678. The van der Waals surface area contributed by atoms with Crippen molar-refractivity contribution >= 4 is 33.7 Å². The molecule has 0 aliphatic rings. The Morgan fingerprint density at radius 2 is 1.73 bits per heavy atom. The predicted octanol–water partition coefficient (Wildman–Crippen LogP) is 4.83. The number of aromatic nitrogens is 1. The Morgan fingerprint density at radius 1 is 1.05 bits per heavy atom. The average molecular weight is 348 g/mol. The van der Waals surface area contributed by atoms with Crippen molar-refractivity contribution in [3.8, 4) is 0 Å². The summed E-state index contributed by atoms with van der Waals surface area (Å²) in [5.74, 6) is 0.507. The third-order valence-corrected chi connectivity index (χ3v) is 6.19. The minimum Gasteiger partial charge on any atom is -0.258 e. The Hall–Kier alpha value is -1.49. The summed E-state index contributed by atoms with van der Waals surface area (Å²) in [7, 11) is -1.07. The van der Waals surface area contributed by atoms with Crippen LogP contribution >= 0.6 is 22.9 Å². The van der Waals surface area contributed by atoms with Gasteiger partial charge in [-0.05, 0) is 23.3 Å². The SMILES string of the molecule is O=[S@@](Cc1cncs1)[C@@H](c1ccccc1)c1ccc(Cl)cc1. The van der Waals surface area contributed by atoms with Crippen molar-refractivity contribution in [3.05, 3.63) is 87.3 Å². The van der Waals surface area contributed by atoms with Crippen molar-refractivity contribution in [1.29, 1.82) is 0 Å². The van der Waals surface area contributed by atoms with E-state index in [0.717, 1.165) is 16.0 Å². The van der Waals surface area contributed by atoms with E-state index < -0.39 is 10.8 Å². The molecule has 0 radical (unpaired) electrons. The molecule has 1 aromatic heterocycles. The molecule has 22 heavy (non-hydrogen) atoms. The first-order chi connectivity index (χ1) is 10.7. The topological polar surface area (TPSA) is 30.0 Å². The molecule has 0 bridgehead atoms. The molecule has 0 spiro atoms. The second-order valence-corrected chi connectivity index (χ2v) is 7.76. The van der Waals surface area contributed by atoms with E-state index >= 15 is 0 Å². The van der Waals surface area contributed by atoms with Crippen LogP contribution in [0.15, 0.2) is 66.3 Å². The van der Waals surface area contributed by atoms with Crippen molar-refractivity contribution in [3.63, 3.8) is 0 Å². The summed E-state index contributed by atoms with van der Waals surface area (Å²) in [6.07, 6.45) is 1.78. The van der Waals surface area contributed by atoms with Crippen molar-refractivity contribution in [2.24, 2.45) is 0 Å².